The number of benzene rings is 1. The summed E-state index contributed by atoms with van der Waals surface area (Å²) in [6, 6.07) is 10.5. The SMILES string of the molecule is CC(C)/C(C=N)=C(\c1ccccc1)C1C=CC=CC1. The zero-order valence-electron chi connectivity index (χ0n) is 11.6. The highest BCUT2D eigenvalue weighted by atomic mass is 14.4. The summed E-state index contributed by atoms with van der Waals surface area (Å²) in [5, 5.41) is 7.76. The maximum Gasteiger partial charge on any atom is 0.0215 e. The molecule has 1 nitrogen and oxygen atoms in total. The molecule has 0 fully saturated rings. The van der Waals surface area contributed by atoms with Gasteiger partial charge in [0.15, 0.2) is 0 Å². The topological polar surface area (TPSA) is 23.9 Å². The summed E-state index contributed by atoms with van der Waals surface area (Å²) in [7, 11) is 0. The van der Waals surface area contributed by atoms with E-state index in [1.165, 1.54) is 17.4 Å². The van der Waals surface area contributed by atoms with E-state index in [1.807, 2.05) is 6.07 Å². The van der Waals surface area contributed by atoms with Crippen LogP contribution in [0.3, 0.4) is 0 Å². The summed E-state index contributed by atoms with van der Waals surface area (Å²) in [5.41, 5.74) is 3.67. The van der Waals surface area contributed by atoms with Crippen LogP contribution in [0, 0.1) is 17.2 Å². The Kier molecular flexibility index (Phi) is 4.51. The van der Waals surface area contributed by atoms with E-state index >= 15 is 0 Å². The van der Waals surface area contributed by atoms with Crippen molar-refractivity contribution < 1.29 is 0 Å². The van der Waals surface area contributed by atoms with Crippen molar-refractivity contribution in [2.75, 3.05) is 0 Å². The van der Waals surface area contributed by atoms with Gasteiger partial charge in [0.2, 0.25) is 0 Å². The first-order valence-corrected chi connectivity index (χ1v) is 6.87. The Bertz CT molecular complexity index is 518. The normalized spacial score (nSPS) is 19.4. The van der Waals surface area contributed by atoms with E-state index in [9.17, 15) is 0 Å². The van der Waals surface area contributed by atoms with Crippen molar-refractivity contribution in [2.24, 2.45) is 11.8 Å². The highest BCUT2D eigenvalue weighted by molar-refractivity contribution is 5.91. The van der Waals surface area contributed by atoms with E-state index in [4.69, 9.17) is 5.41 Å². The standard InChI is InChI=1S/C18H21N/c1-14(2)17(13-19)18(15-9-5-3-6-10-15)16-11-7-4-8-12-16/h3-11,13-14,16,19H,12H2,1-2H3/b18-17+,19-13?. The predicted octanol–water partition coefficient (Wildman–Crippen LogP) is 4.88. The van der Waals surface area contributed by atoms with E-state index < -0.39 is 0 Å². The molecule has 98 valence electrons. The Labute approximate surface area is 115 Å². The summed E-state index contributed by atoms with van der Waals surface area (Å²) in [6.07, 6.45) is 11.2. The lowest BCUT2D eigenvalue weighted by Gasteiger charge is -2.23. The molecule has 0 spiro atoms. The molecule has 0 aromatic heterocycles. The van der Waals surface area contributed by atoms with Crippen molar-refractivity contribution >= 4 is 11.8 Å². The zero-order chi connectivity index (χ0) is 13.7. The van der Waals surface area contributed by atoms with Crippen LogP contribution in [0.4, 0.5) is 0 Å². The van der Waals surface area contributed by atoms with Crippen LogP contribution in [-0.2, 0) is 0 Å². The van der Waals surface area contributed by atoms with Gasteiger partial charge in [0.05, 0.1) is 0 Å². The lowest BCUT2D eigenvalue weighted by molar-refractivity contribution is 0.775. The van der Waals surface area contributed by atoms with Gasteiger partial charge in [-0.05, 0) is 29.0 Å². The molecule has 2 rings (SSSR count). The molecule has 1 aliphatic rings. The minimum absolute atomic E-state index is 0.368. The maximum atomic E-state index is 7.76. The summed E-state index contributed by atoms with van der Waals surface area (Å²) in [5.74, 6) is 0.749. The van der Waals surface area contributed by atoms with Gasteiger partial charge in [-0.15, -0.1) is 0 Å². The molecule has 1 aliphatic carbocycles. The quantitative estimate of drug-likeness (QED) is 0.738. The number of rotatable bonds is 4. The maximum absolute atomic E-state index is 7.76. The largest absolute Gasteiger partial charge is 0.308 e. The minimum atomic E-state index is 0.368. The molecular formula is C18H21N. The molecule has 0 heterocycles. The number of nitrogens with one attached hydrogen (secondary N) is 1. The molecule has 0 saturated heterocycles. The molecule has 19 heavy (non-hydrogen) atoms. The highest BCUT2D eigenvalue weighted by Crippen LogP contribution is 2.34. The zero-order valence-corrected chi connectivity index (χ0v) is 11.6. The van der Waals surface area contributed by atoms with Gasteiger partial charge in [-0.2, -0.15) is 0 Å². The lowest BCUT2D eigenvalue weighted by atomic mass is 9.82. The van der Waals surface area contributed by atoms with Crippen molar-refractivity contribution in [3.05, 3.63) is 65.8 Å². The van der Waals surface area contributed by atoms with Crippen LogP contribution in [0.15, 0.2) is 60.2 Å². The molecule has 0 radical (unpaired) electrons. The van der Waals surface area contributed by atoms with Crippen LogP contribution in [-0.4, -0.2) is 6.21 Å². The van der Waals surface area contributed by atoms with Gasteiger partial charge in [0.25, 0.3) is 0 Å². The van der Waals surface area contributed by atoms with Crippen molar-refractivity contribution in [1.29, 1.82) is 5.41 Å². The third-order valence-electron chi connectivity index (χ3n) is 3.52. The van der Waals surface area contributed by atoms with Crippen LogP contribution in [0.5, 0.6) is 0 Å². The van der Waals surface area contributed by atoms with Gasteiger partial charge >= 0.3 is 0 Å². The van der Waals surface area contributed by atoms with Gasteiger partial charge in [-0.3, -0.25) is 0 Å². The fraction of sp³-hybridized carbons (Fsp3) is 0.278. The lowest BCUT2D eigenvalue weighted by Crippen LogP contribution is -2.09. The molecule has 1 N–H and O–H groups in total. The van der Waals surface area contributed by atoms with E-state index in [-0.39, 0.29) is 0 Å². The van der Waals surface area contributed by atoms with E-state index in [1.54, 1.807) is 0 Å². The fourth-order valence-electron chi connectivity index (χ4n) is 2.56. The molecule has 1 aromatic carbocycles. The van der Waals surface area contributed by atoms with Crippen molar-refractivity contribution in [2.45, 2.75) is 20.3 Å². The molecule has 0 amide bonds. The van der Waals surface area contributed by atoms with Crippen molar-refractivity contribution in [3.8, 4) is 0 Å². The first-order chi connectivity index (χ1) is 9.24. The third-order valence-corrected chi connectivity index (χ3v) is 3.52. The molecular weight excluding hydrogens is 230 g/mol. The van der Waals surface area contributed by atoms with Crippen LogP contribution in [0.1, 0.15) is 25.8 Å². The van der Waals surface area contributed by atoms with E-state index in [0.717, 1.165) is 12.0 Å². The Balaban J connectivity index is 2.53. The summed E-state index contributed by atoms with van der Waals surface area (Å²) in [4.78, 5) is 0. The summed E-state index contributed by atoms with van der Waals surface area (Å²) < 4.78 is 0. The van der Waals surface area contributed by atoms with Crippen LogP contribution < -0.4 is 0 Å². The van der Waals surface area contributed by atoms with Gasteiger partial charge < -0.3 is 5.41 Å². The fourth-order valence-corrected chi connectivity index (χ4v) is 2.56. The number of hydrogen-bond donors (Lipinski definition) is 1. The van der Waals surface area contributed by atoms with Gasteiger partial charge in [0.1, 0.15) is 0 Å². The molecule has 0 bridgehead atoms. The van der Waals surface area contributed by atoms with Crippen LogP contribution in [0.25, 0.3) is 5.57 Å². The van der Waals surface area contributed by atoms with Crippen LogP contribution in [0.2, 0.25) is 0 Å². The first-order valence-electron chi connectivity index (χ1n) is 6.87. The van der Waals surface area contributed by atoms with Crippen molar-refractivity contribution in [3.63, 3.8) is 0 Å². The van der Waals surface area contributed by atoms with E-state index in [2.05, 4.69) is 62.4 Å². The minimum Gasteiger partial charge on any atom is -0.308 e. The summed E-state index contributed by atoms with van der Waals surface area (Å²) >= 11 is 0. The molecule has 0 saturated carbocycles. The molecule has 1 heteroatoms. The molecule has 1 atom stereocenters. The second-order valence-electron chi connectivity index (χ2n) is 5.19. The molecule has 1 aromatic rings. The Hall–Kier alpha value is -1.89. The van der Waals surface area contributed by atoms with Gasteiger partial charge in [0, 0.05) is 12.1 Å². The van der Waals surface area contributed by atoms with Crippen LogP contribution >= 0.6 is 0 Å². The Morgan fingerprint density at radius 2 is 1.95 bits per heavy atom. The monoisotopic (exact) mass is 251 g/mol. The summed E-state index contributed by atoms with van der Waals surface area (Å²) in [6.45, 7) is 4.32. The smallest absolute Gasteiger partial charge is 0.0215 e. The third kappa shape index (κ3) is 3.11. The van der Waals surface area contributed by atoms with Crippen molar-refractivity contribution in [1.82, 2.24) is 0 Å². The van der Waals surface area contributed by atoms with Gasteiger partial charge in [-0.1, -0.05) is 68.5 Å². The first kappa shape index (κ1) is 13.5. The molecule has 0 aliphatic heterocycles. The van der Waals surface area contributed by atoms with Gasteiger partial charge in [-0.25, -0.2) is 0 Å². The Morgan fingerprint density at radius 3 is 2.47 bits per heavy atom. The second kappa shape index (κ2) is 6.33. The second-order valence-corrected chi connectivity index (χ2v) is 5.19. The average Bonchev–Trinajstić information content (AvgIpc) is 2.46. The van der Waals surface area contributed by atoms with E-state index in [0.29, 0.717) is 11.8 Å². The molecule has 1 unspecified atom stereocenters. The highest BCUT2D eigenvalue weighted by Gasteiger charge is 2.18. The average molecular weight is 251 g/mol. The predicted molar refractivity (Wildman–Crippen MR) is 83.4 cm³/mol. The number of hydrogen-bond acceptors (Lipinski definition) is 1. The Morgan fingerprint density at radius 1 is 1.21 bits per heavy atom. The number of allylic oxidation sites excluding steroid dienone is 6.